The number of pyridine rings is 1. The highest BCUT2D eigenvalue weighted by Crippen LogP contribution is 2.37. The van der Waals surface area contributed by atoms with Crippen molar-refractivity contribution >= 4 is 11.9 Å². The Bertz CT molecular complexity index is 851. The molecule has 1 aromatic carbocycles. The molecule has 5 nitrogen and oxygen atoms in total. The topological polar surface area (TPSA) is 68.4 Å². The second-order valence-electron chi connectivity index (χ2n) is 6.01. The number of allylic oxidation sites excluding steroid dienone is 1. The highest BCUT2D eigenvalue weighted by atomic mass is 16.5. The molecular weight excluding hydrogens is 318 g/mol. The standard InChI is InChI=1S/C20H21NO4/c1-24-18-9-5-4-8-17(18)16-7-3-2-6-14(16)13-25-19-11-21-20(23)10-15(19)12-22/h4-5,8-12H,2-3,6-7,13H2,1H3,(H,21,23). The number of benzene rings is 1. The largest absolute Gasteiger partial charge is 0.496 e. The highest BCUT2D eigenvalue weighted by molar-refractivity contribution is 5.79. The van der Waals surface area contributed by atoms with Crippen molar-refractivity contribution < 1.29 is 14.3 Å². The molecule has 5 heteroatoms. The first-order valence-corrected chi connectivity index (χ1v) is 8.38. The van der Waals surface area contributed by atoms with Crippen LogP contribution in [0.1, 0.15) is 41.6 Å². The molecular formula is C20H21NO4. The molecule has 0 unspecified atom stereocenters. The van der Waals surface area contributed by atoms with Gasteiger partial charge in [-0.05, 0) is 42.9 Å². The average molecular weight is 339 g/mol. The summed E-state index contributed by atoms with van der Waals surface area (Å²) in [4.78, 5) is 25.0. The second kappa shape index (κ2) is 7.83. The van der Waals surface area contributed by atoms with Crippen LogP contribution in [0, 0.1) is 0 Å². The number of aldehydes is 1. The number of methoxy groups -OCH3 is 1. The van der Waals surface area contributed by atoms with Crippen LogP contribution >= 0.6 is 0 Å². The summed E-state index contributed by atoms with van der Waals surface area (Å²) in [5.41, 5.74) is 3.50. The molecule has 0 aliphatic heterocycles. The minimum Gasteiger partial charge on any atom is -0.496 e. The molecule has 0 saturated heterocycles. The Hall–Kier alpha value is -2.82. The fourth-order valence-electron chi connectivity index (χ4n) is 3.20. The van der Waals surface area contributed by atoms with Crippen molar-refractivity contribution in [2.24, 2.45) is 0 Å². The molecule has 0 atom stereocenters. The number of hydrogen-bond acceptors (Lipinski definition) is 4. The Morgan fingerprint density at radius 3 is 2.76 bits per heavy atom. The molecule has 0 saturated carbocycles. The van der Waals surface area contributed by atoms with Gasteiger partial charge in [-0.1, -0.05) is 18.2 Å². The van der Waals surface area contributed by atoms with E-state index in [-0.39, 0.29) is 11.1 Å². The Morgan fingerprint density at radius 2 is 1.96 bits per heavy atom. The Labute approximate surface area is 146 Å². The summed E-state index contributed by atoms with van der Waals surface area (Å²) in [5.74, 6) is 1.25. The van der Waals surface area contributed by atoms with Gasteiger partial charge in [0.15, 0.2) is 6.29 Å². The van der Waals surface area contributed by atoms with Crippen LogP contribution < -0.4 is 15.0 Å². The van der Waals surface area contributed by atoms with Crippen molar-refractivity contribution in [1.82, 2.24) is 4.98 Å². The van der Waals surface area contributed by atoms with E-state index in [0.717, 1.165) is 37.0 Å². The van der Waals surface area contributed by atoms with Crippen molar-refractivity contribution in [2.45, 2.75) is 25.7 Å². The van der Waals surface area contributed by atoms with E-state index in [0.29, 0.717) is 18.6 Å². The van der Waals surface area contributed by atoms with E-state index in [4.69, 9.17) is 9.47 Å². The Kier molecular flexibility index (Phi) is 5.33. The van der Waals surface area contributed by atoms with Gasteiger partial charge in [-0.15, -0.1) is 0 Å². The smallest absolute Gasteiger partial charge is 0.248 e. The summed E-state index contributed by atoms with van der Waals surface area (Å²) in [5, 5.41) is 0. The van der Waals surface area contributed by atoms with Crippen LogP contribution in [-0.2, 0) is 0 Å². The molecule has 130 valence electrons. The summed E-state index contributed by atoms with van der Waals surface area (Å²) in [6, 6.07) is 9.24. The highest BCUT2D eigenvalue weighted by Gasteiger charge is 2.18. The summed E-state index contributed by atoms with van der Waals surface area (Å²) < 4.78 is 11.3. The maximum Gasteiger partial charge on any atom is 0.248 e. The zero-order valence-corrected chi connectivity index (χ0v) is 14.2. The average Bonchev–Trinajstić information content (AvgIpc) is 2.67. The maximum absolute atomic E-state index is 11.3. The molecule has 2 aromatic rings. The minimum absolute atomic E-state index is 0.263. The van der Waals surface area contributed by atoms with Crippen molar-refractivity contribution in [1.29, 1.82) is 0 Å². The van der Waals surface area contributed by atoms with Crippen molar-refractivity contribution in [3.8, 4) is 11.5 Å². The molecule has 0 radical (unpaired) electrons. The lowest BCUT2D eigenvalue weighted by Crippen LogP contribution is -2.12. The van der Waals surface area contributed by atoms with Crippen LogP contribution in [0.4, 0.5) is 0 Å². The number of para-hydroxylation sites is 1. The number of aromatic nitrogens is 1. The fraction of sp³-hybridized carbons (Fsp3) is 0.300. The number of rotatable bonds is 6. The Balaban J connectivity index is 1.89. The molecule has 1 heterocycles. The molecule has 1 aliphatic carbocycles. The first-order chi connectivity index (χ1) is 12.2. The lowest BCUT2D eigenvalue weighted by Gasteiger charge is -2.22. The van der Waals surface area contributed by atoms with Crippen LogP contribution in [0.15, 0.2) is 46.9 Å². The third-order valence-corrected chi connectivity index (χ3v) is 4.46. The molecule has 1 aliphatic rings. The van der Waals surface area contributed by atoms with E-state index < -0.39 is 0 Å². The van der Waals surface area contributed by atoms with Gasteiger partial charge >= 0.3 is 0 Å². The van der Waals surface area contributed by atoms with Gasteiger partial charge in [-0.25, -0.2) is 0 Å². The molecule has 1 N–H and O–H groups in total. The van der Waals surface area contributed by atoms with Gasteiger partial charge in [-0.3, -0.25) is 9.59 Å². The van der Waals surface area contributed by atoms with Gasteiger partial charge in [0.2, 0.25) is 5.56 Å². The van der Waals surface area contributed by atoms with Crippen molar-refractivity contribution in [2.75, 3.05) is 13.7 Å². The number of H-pyrrole nitrogens is 1. The predicted octanol–water partition coefficient (Wildman–Crippen LogP) is 3.60. The van der Waals surface area contributed by atoms with E-state index in [1.165, 1.54) is 23.4 Å². The molecule has 0 fully saturated rings. The normalized spacial score (nSPS) is 14.3. The van der Waals surface area contributed by atoms with Gasteiger partial charge in [0, 0.05) is 17.8 Å². The SMILES string of the molecule is COc1ccccc1C1=C(COc2c[nH]c(=O)cc2C=O)CCCC1. The van der Waals surface area contributed by atoms with Crippen LogP contribution in [0.25, 0.3) is 5.57 Å². The van der Waals surface area contributed by atoms with E-state index in [1.807, 2.05) is 18.2 Å². The zero-order valence-electron chi connectivity index (χ0n) is 14.2. The number of carbonyl (C=O) groups excluding carboxylic acids is 1. The summed E-state index contributed by atoms with van der Waals surface area (Å²) >= 11 is 0. The molecule has 1 aromatic heterocycles. The summed E-state index contributed by atoms with van der Waals surface area (Å²) in [7, 11) is 1.68. The maximum atomic E-state index is 11.3. The molecule has 3 rings (SSSR count). The van der Waals surface area contributed by atoms with Crippen molar-refractivity contribution in [3.05, 3.63) is 63.6 Å². The van der Waals surface area contributed by atoms with Crippen LogP contribution in [0.5, 0.6) is 11.5 Å². The fourth-order valence-corrected chi connectivity index (χ4v) is 3.20. The third kappa shape index (κ3) is 3.82. The Morgan fingerprint density at radius 1 is 1.16 bits per heavy atom. The van der Waals surface area contributed by atoms with E-state index in [2.05, 4.69) is 11.1 Å². The van der Waals surface area contributed by atoms with Crippen molar-refractivity contribution in [3.63, 3.8) is 0 Å². The van der Waals surface area contributed by atoms with Gasteiger partial charge in [0.25, 0.3) is 0 Å². The molecule has 25 heavy (non-hydrogen) atoms. The number of carbonyl (C=O) groups is 1. The van der Waals surface area contributed by atoms with Crippen LogP contribution in [0.3, 0.4) is 0 Å². The molecule has 0 bridgehead atoms. The molecule has 0 spiro atoms. The number of hydrogen-bond donors (Lipinski definition) is 1. The second-order valence-corrected chi connectivity index (χ2v) is 6.01. The van der Waals surface area contributed by atoms with E-state index >= 15 is 0 Å². The lowest BCUT2D eigenvalue weighted by molar-refractivity contribution is 0.111. The van der Waals surface area contributed by atoms with Gasteiger partial charge in [0.05, 0.1) is 12.7 Å². The van der Waals surface area contributed by atoms with Gasteiger partial charge in [0.1, 0.15) is 18.1 Å². The van der Waals surface area contributed by atoms with Gasteiger partial charge in [-0.2, -0.15) is 0 Å². The zero-order chi connectivity index (χ0) is 17.6. The minimum atomic E-state index is -0.318. The van der Waals surface area contributed by atoms with E-state index in [9.17, 15) is 9.59 Å². The number of ether oxygens (including phenoxy) is 2. The predicted molar refractivity (Wildman–Crippen MR) is 96.3 cm³/mol. The first kappa shape index (κ1) is 17.0. The van der Waals surface area contributed by atoms with Crippen LogP contribution in [0.2, 0.25) is 0 Å². The molecule has 0 amide bonds. The monoisotopic (exact) mass is 339 g/mol. The lowest BCUT2D eigenvalue weighted by atomic mass is 9.87. The summed E-state index contributed by atoms with van der Waals surface area (Å²) in [6.45, 7) is 0.389. The van der Waals surface area contributed by atoms with E-state index in [1.54, 1.807) is 7.11 Å². The van der Waals surface area contributed by atoms with Crippen LogP contribution in [-0.4, -0.2) is 25.0 Å². The number of nitrogens with one attached hydrogen (secondary N) is 1. The quantitative estimate of drug-likeness (QED) is 0.817. The van der Waals surface area contributed by atoms with Gasteiger partial charge < -0.3 is 14.5 Å². The summed E-state index contributed by atoms with van der Waals surface area (Å²) in [6.07, 6.45) is 6.26. The number of aromatic amines is 1. The first-order valence-electron chi connectivity index (χ1n) is 8.38. The third-order valence-electron chi connectivity index (χ3n) is 4.46.